The molecule has 0 aromatic rings. The molecule has 0 radical (unpaired) electrons. The largest absolute Gasteiger partial charge is 0.329 e. The molecule has 3 heteroatoms. The molecular weight excluding hydrogens is 204 g/mol. The summed E-state index contributed by atoms with van der Waals surface area (Å²) in [6, 6.07) is 0.606. The molecule has 0 aliphatic carbocycles. The van der Waals surface area contributed by atoms with E-state index in [0.717, 1.165) is 6.54 Å². The summed E-state index contributed by atoms with van der Waals surface area (Å²) < 4.78 is 0. The number of nitrogens with zero attached hydrogens (tertiary/aromatic N) is 1. The van der Waals surface area contributed by atoms with Gasteiger partial charge in [0.2, 0.25) is 0 Å². The van der Waals surface area contributed by atoms with Crippen molar-refractivity contribution in [1.29, 1.82) is 0 Å². The number of thioether (sulfide) groups is 1. The second-order valence-electron chi connectivity index (χ2n) is 4.86. The molecule has 0 aromatic carbocycles. The molecular formula is C12H26N2S. The molecule has 0 saturated carbocycles. The Morgan fingerprint density at radius 1 is 1.53 bits per heavy atom. The normalized spacial score (nSPS) is 31.8. The number of hydrogen-bond acceptors (Lipinski definition) is 3. The Kier molecular flexibility index (Phi) is 4.94. The molecule has 15 heavy (non-hydrogen) atoms. The molecule has 1 rings (SSSR count). The summed E-state index contributed by atoms with van der Waals surface area (Å²) in [5.41, 5.74) is 6.33. The van der Waals surface area contributed by atoms with E-state index in [1.807, 2.05) is 0 Å². The fourth-order valence-electron chi connectivity index (χ4n) is 2.77. The van der Waals surface area contributed by atoms with Crippen molar-refractivity contribution in [2.45, 2.75) is 57.4 Å². The van der Waals surface area contributed by atoms with E-state index in [2.05, 4.69) is 44.4 Å². The molecule has 1 aliphatic rings. The summed E-state index contributed by atoms with van der Waals surface area (Å²) in [7, 11) is 0. The van der Waals surface area contributed by atoms with E-state index in [9.17, 15) is 0 Å². The molecule has 0 bridgehead atoms. The molecule has 0 aromatic heterocycles. The molecule has 1 aliphatic heterocycles. The third-order valence-electron chi connectivity index (χ3n) is 3.67. The Labute approximate surface area is 99.0 Å². The van der Waals surface area contributed by atoms with Crippen molar-refractivity contribution in [3.63, 3.8) is 0 Å². The summed E-state index contributed by atoms with van der Waals surface area (Å²) in [6.07, 6.45) is 2.48. The third kappa shape index (κ3) is 2.51. The van der Waals surface area contributed by atoms with E-state index in [-0.39, 0.29) is 5.54 Å². The standard InChI is InChI=1S/C12H26N2S/c1-5-7-14(10(2)3)12(9-13)6-8-15-11(12)4/h10-11H,5-9,13H2,1-4H3. The molecule has 0 amide bonds. The minimum absolute atomic E-state index is 0.259. The maximum Gasteiger partial charge on any atom is 0.0457 e. The van der Waals surface area contributed by atoms with Crippen LogP contribution < -0.4 is 5.73 Å². The second-order valence-corrected chi connectivity index (χ2v) is 6.31. The Hall–Kier alpha value is 0.270. The van der Waals surface area contributed by atoms with Gasteiger partial charge in [-0.05, 0) is 39.0 Å². The zero-order valence-corrected chi connectivity index (χ0v) is 11.4. The maximum absolute atomic E-state index is 6.07. The summed E-state index contributed by atoms with van der Waals surface area (Å²) in [4.78, 5) is 2.64. The first kappa shape index (κ1) is 13.3. The second kappa shape index (κ2) is 5.55. The molecule has 1 saturated heterocycles. The summed E-state index contributed by atoms with van der Waals surface area (Å²) in [5, 5.41) is 0.677. The highest BCUT2D eigenvalue weighted by Gasteiger charge is 2.45. The lowest BCUT2D eigenvalue weighted by Gasteiger charge is -2.46. The van der Waals surface area contributed by atoms with Crippen molar-refractivity contribution in [1.82, 2.24) is 4.90 Å². The Morgan fingerprint density at radius 3 is 2.53 bits per heavy atom. The number of nitrogens with two attached hydrogens (primary N) is 1. The molecule has 2 N–H and O–H groups in total. The van der Waals surface area contributed by atoms with Gasteiger partial charge in [0.1, 0.15) is 0 Å². The highest BCUT2D eigenvalue weighted by molar-refractivity contribution is 8.00. The molecule has 1 heterocycles. The van der Waals surface area contributed by atoms with Crippen LogP contribution in [0.25, 0.3) is 0 Å². The van der Waals surface area contributed by atoms with Gasteiger partial charge in [0, 0.05) is 23.4 Å². The lowest BCUT2D eigenvalue weighted by molar-refractivity contribution is 0.0647. The SMILES string of the molecule is CCCN(C(C)C)C1(CN)CCSC1C. The summed E-state index contributed by atoms with van der Waals surface area (Å²) in [6.45, 7) is 11.2. The first-order valence-electron chi connectivity index (χ1n) is 6.17. The number of rotatable bonds is 5. The minimum atomic E-state index is 0.259. The average molecular weight is 230 g/mol. The minimum Gasteiger partial charge on any atom is -0.329 e. The van der Waals surface area contributed by atoms with Crippen molar-refractivity contribution >= 4 is 11.8 Å². The molecule has 2 unspecified atom stereocenters. The quantitative estimate of drug-likeness (QED) is 0.786. The van der Waals surface area contributed by atoms with Crippen LogP contribution in [-0.4, -0.2) is 40.6 Å². The fourth-order valence-corrected chi connectivity index (χ4v) is 4.25. The van der Waals surface area contributed by atoms with Crippen LogP contribution in [0.15, 0.2) is 0 Å². The molecule has 0 spiro atoms. The lowest BCUT2D eigenvalue weighted by atomic mass is 9.89. The zero-order chi connectivity index (χ0) is 11.5. The first-order chi connectivity index (χ1) is 7.08. The van der Waals surface area contributed by atoms with Gasteiger partial charge in [-0.2, -0.15) is 11.8 Å². The smallest absolute Gasteiger partial charge is 0.0457 e. The van der Waals surface area contributed by atoms with Gasteiger partial charge in [-0.1, -0.05) is 13.8 Å². The number of hydrogen-bond donors (Lipinski definition) is 1. The van der Waals surface area contributed by atoms with E-state index >= 15 is 0 Å². The highest BCUT2D eigenvalue weighted by atomic mass is 32.2. The highest BCUT2D eigenvalue weighted by Crippen LogP contribution is 2.40. The predicted molar refractivity (Wildman–Crippen MR) is 70.5 cm³/mol. The third-order valence-corrected chi connectivity index (χ3v) is 5.05. The van der Waals surface area contributed by atoms with Crippen LogP contribution in [0.5, 0.6) is 0 Å². The van der Waals surface area contributed by atoms with Gasteiger partial charge in [-0.3, -0.25) is 4.90 Å². The van der Waals surface area contributed by atoms with Crippen LogP contribution in [0, 0.1) is 0 Å². The van der Waals surface area contributed by atoms with Gasteiger partial charge in [-0.25, -0.2) is 0 Å². The first-order valence-corrected chi connectivity index (χ1v) is 7.21. The van der Waals surface area contributed by atoms with E-state index in [0.29, 0.717) is 11.3 Å². The van der Waals surface area contributed by atoms with Crippen LogP contribution in [0.1, 0.15) is 40.5 Å². The van der Waals surface area contributed by atoms with Crippen LogP contribution >= 0.6 is 11.8 Å². The van der Waals surface area contributed by atoms with Crippen molar-refractivity contribution < 1.29 is 0 Å². The van der Waals surface area contributed by atoms with Crippen LogP contribution in [0.2, 0.25) is 0 Å². The van der Waals surface area contributed by atoms with Crippen molar-refractivity contribution in [2.24, 2.45) is 5.73 Å². The van der Waals surface area contributed by atoms with Crippen LogP contribution in [0.3, 0.4) is 0 Å². The molecule has 2 nitrogen and oxygen atoms in total. The van der Waals surface area contributed by atoms with Crippen LogP contribution in [-0.2, 0) is 0 Å². The fraction of sp³-hybridized carbons (Fsp3) is 1.00. The topological polar surface area (TPSA) is 29.3 Å². The molecule has 1 fully saturated rings. The van der Waals surface area contributed by atoms with Crippen molar-refractivity contribution in [2.75, 3.05) is 18.8 Å². The average Bonchev–Trinajstić information content (AvgIpc) is 2.57. The molecule has 2 atom stereocenters. The van der Waals surface area contributed by atoms with Gasteiger partial charge >= 0.3 is 0 Å². The monoisotopic (exact) mass is 230 g/mol. The predicted octanol–water partition coefficient (Wildman–Crippen LogP) is 2.33. The van der Waals surface area contributed by atoms with Gasteiger partial charge < -0.3 is 5.73 Å². The Balaban J connectivity index is 2.85. The van der Waals surface area contributed by atoms with Gasteiger partial charge in [0.25, 0.3) is 0 Å². The Morgan fingerprint density at radius 2 is 2.20 bits per heavy atom. The van der Waals surface area contributed by atoms with E-state index in [4.69, 9.17) is 5.73 Å². The zero-order valence-electron chi connectivity index (χ0n) is 10.6. The lowest BCUT2D eigenvalue weighted by Crippen LogP contribution is -2.60. The summed E-state index contributed by atoms with van der Waals surface area (Å²) >= 11 is 2.08. The van der Waals surface area contributed by atoms with E-state index < -0.39 is 0 Å². The van der Waals surface area contributed by atoms with E-state index in [1.54, 1.807) is 0 Å². The van der Waals surface area contributed by atoms with E-state index in [1.165, 1.54) is 25.1 Å². The van der Waals surface area contributed by atoms with Gasteiger partial charge in [0.05, 0.1) is 0 Å². The molecule has 90 valence electrons. The summed E-state index contributed by atoms with van der Waals surface area (Å²) in [5.74, 6) is 1.27. The van der Waals surface area contributed by atoms with Crippen molar-refractivity contribution in [3.8, 4) is 0 Å². The van der Waals surface area contributed by atoms with Crippen LogP contribution in [0.4, 0.5) is 0 Å². The Bertz CT molecular complexity index is 196. The van der Waals surface area contributed by atoms with Gasteiger partial charge in [0.15, 0.2) is 0 Å². The van der Waals surface area contributed by atoms with Crippen molar-refractivity contribution in [3.05, 3.63) is 0 Å². The maximum atomic E-state index is 6.07. The van der Waals surface area contributed by atoms with Gasteiger partial charge in [-0.15, -0.1) is 0 Å².